The molecule has 1 aliphatic rings. The van der Waals surface area contributed by atoms with Crippen molar-refractivity contribution in [3.63, 3.8) is 0 Å². The Kier molecular flexibility index (Phi) is 2.91. The van der Waals surface area contributed by atoms with Gasteiger partial charge in [-0.15, -0.1) is 0 Å². The SMILES string of the molecule is O=[C]c1ccccc1C1CNCCO1. The summed E-state index contributed by atoms with van der Waals surface area (Å²) >= 11 is 0. The Morgan fingerprint density at radius 1 is 1.43 bits per heavy atom. The number of ether oxygens (including phenoxy) is 1. The van der Waals surface area contributed by atoms with Gasteiger partial charge in [0.05, 0.1) is 12.7 Å². The Hall–Kier alpha value is -1.19. The van der Waals surface area contributed by atoms with Gasteiger partial charge in [-0.2, -0.15) is 0 Å². The average molecular weight is 190 g/mol. The van der Waals surface area contributed by atoms with Crippen molar-refractivity contribution in [3.8, 4) is 0 Å². The molecule has 14 heavy (non-hydrogen) atoms. The molecule has 2 rings (SSSR count). The first-order valence-electron chi connectivity index (χ1n) is 4.71. The zero-order valence-electron chi connectivity index (χ0n) is 7.82. The maximum Gasteiger partial charge on any atom is 0.233 e. The van der Waals surface area contributed by atoms with E-state index < -0.39 is 0 Å². The van der Waals surface area contributed by atoms with Crippen molar-refractivity contribution >= 4 is 6.29 Å². The Morgan fingerprint density at radius 2 is 2.29 bits per heavy atom. The molecule has 1 unspecified atom stereocenters. The summed E-state index contributed by atoms with van der Waals surface area (Å²) in [5.41, 5.74) is 1.52. The van der Waals surface area contributed by atoms with Gasteiger partial charge in [-0.05, 0) is 5.56 Å². The van der Waals surface area contributed by atoms with Gasteiger partial charge in [-0.1, -0.05) is 24.3 Å². The van der Waals surface area contributed by atoms with Crippen LogP contribution in [0.15, 0.2) is 24.3 Å². The van der Waals surface area contributed by atoms with E-state index in [2.05, 4.69) is 5.32 Å². The van der Waals surface area contributed by atoms with Crippen molar-refractivity contribution in [2.75, 3.05) is 19.7 Å². The molecule has 0 spiro atoms. The fraction of sp³-hybridized carbons (Fsp3) is 0.364. The highest BCUT2D eigenvalue weighted by Gasteiger charge is 2.18. The van der Waals surface area contributed by atoms with E-state index in [0.717, 1.165) is 18.7 Å². The number of rotatable bonds is 2. The minimum atomic E-state index is -0.0126. The highest BCUT2D eigenvalue weighted by atomic mass is 16.5. The van der Waals surface area contributed by atoms with Crippen molar-refractivity contribution in [1.29, 1.82) is 0 Å². The van der Waals surface area contributed by atoms with Gasteiger partial charge in [0.1, 0.15) is 0 Å². The molecule has 1 aliphatic heterocycles. The lowest BCUT2D eigenvalue weighted by Gasteiger charge is -2.24. The first-order chi connectivity index (χ1) is 6.92. The molecule has 0 aromatic heterocycles. The summed E-state index contributed by atoms with van der Waals surface area (Å²) in [6, 6.07) is 7.42. The number of nitrogens with one attached hydrogen (secondary N) is 1. The fourth-order valence-electron chi connectivity index (χ4n) is 1.64. The first-order valence-corrected chi connectivity index (χ1v) is 4.71. The molecule has 3 nitrogen and oxygen atoms in total. The van der Waals surface area contributed by atoms with Gasteiger partial charge in [-0.25, -0.2) is 0 Å². The number of carbonyl (C=O) groups excluding carboxylic acids is 1. The summed E-state index contributed by atoms with van der Waals surface area (Å²) in [5.74, 6) is 0. The van der Waals surface area contributed by atoms with Gasteiger partial charge in [0, 0.05) is 18.7 Å². The average Bonchev–Trinajstić information content (AvgIpc) is 2.30. The van der Waals surface area contributed by atoms with Crippen molar-refractivity contribution in [3.05, 3.63) is 35.4 Å². The predicted molar refractivity (Wildman–Crippen MR) is 52.8 cm³/mol. The van der Waals surface area contributed by atoms with Gasteiger partial charge in [0.2, 0.25) is 6.29 Å². The van der Waals surface area contributed by atoms with E-state index in [1.54, 1.807) is 6.07 Å². The molecule has 1 aromatic rings. The van der Waals surface area contributed by atoms with E-state index in [4.69, 9.17) is 4.74 Å². The van der Waals surface area contributed by atoms with Crippen molar-refractivity contribution in [2.45, 2.75) is 6.10 Å². The summed E-state index contributed by atoms with van der Waals surface area (Å²) in [6.07, 6.45) is 1.92. The summed E-state index contributed by atoms with van der Waals surface area (Å²) < 4.78 is 5.57. The Bertz CT molecular complexity index is 319. The lowest BCUT2D eigenvalue weighted by atomic mass is 10.0. The van der Waals surface area contributed by atoms with Crippen LogP contribution in [0.2, 0.25) is 0 Å². The smallest absolute Gasteiger partial charge is 0.233 e. The van der Waals surface area contributed by atoms with Crippen molar-refractivity contribution in [1.82, 2.24) is 5.32 Å². The number of hydrogen-bond donors (Lipinski definition) is 1. The molecule has 73 valence electrons. The minimum absolute atomic E-state index is 0.0126. The van der Waals surface area contributed by atoms with Gasteiger partial charge < -0.3 is 10.1 Å². The molecule has 1 heterocycles. The van der Waals surface area contributed by atoms with Crippen LogP contribution < -0.4 is 5.32 Å². The molecule has 1 saturated heterocycles. The molecule has 1 N–H and O–H groups in total. The van der Waals surface area contributed by atoms with Gasteiger partial charge in [0.15, 0.2) is 0 Å². The molecule has 0 saturated carbocycles. The molecule has 1 fully saturated rings. The van der Waals surface area contributed by atoms with E-state index in [1.165, 1.54) is 0 Å². The first kappa shape index (κ1) is 9.37. The largest absolute Gasteiger partial charge is 0.371 e. The Morgan fingerprint density at radius 3 is 3.00 bits per heavy atom. The monoisotopic (exact) mass is 190 g/mol. The minimum Gasteiger partial charge on any atom is -0.371 e. The molecule has 0 aliphatic carbocycles. The second-order valence-electron chi connectivity index (χ2n) is 3.25. The molecular weight excluding hydrogens is 178 g/mol. The standard InChI is InChI=1S/C11H12NO2/c13-8-9-3-1-2-4-10(9)11-7-12-5-6-14-11/h1-4,11-12H,5-7H2. The predicted octanol–water partition coefficient (Wildman–Crippen LogP) is 0.805. The molecule has 1 atom stereocenters. The second kappa shape index (κ2) is 4.35. The van der Waals surface area contributed by atoms with E-state index >= 15 is 0 Å². The number of hydrogen-bond acceptors (Lipinski definition) is 3. The van der Waals surface area contributed by atoms with E-state index in [0.29, 0.717) is 12.2 Å². The number of morpholine rings is 1. The summed E-state index contributed by atoms with van der Waals surface area (Å²) in [6.45, 7) is 2.33. The molecule has 1 aromatic carbocycles. The quantitative estimate of drug-likeness (QED) is 0.749. The molecule has 3 heteroatoms. The summed E-state index contributed by atoms with van der Waals surface area (Å²) in [4.78, 5) is 10.7. The fourth-order valence-corrected chi connectivity index (χ4v) is 1.64. The van der Waals surface area contributed by atoms with E-state index in [9.17, 15) is 4.79 Å². The van der Waals surface area contributed by atoms with Crippen LogP contribution in [-0.2, 0) is 9.53 Å². The van der Waals surface area contributed by atoms with Crippen LogP contribution in [0, 0.1) is 0 Å². The highest BCUT2D eigenvalue weighted by Crippen LogP contribution is 2.21. The van der Waals surface area contributed by atoms with Crippen LogP contribution in [0.1, 0.15) is 17.2 Å². The van der Waals surface area contributed by atoms with Crippen molar-refractivity contribution < 1.29 is 9.53 Å². The Balaban J connectivity index is 2.24. The lowest BCUT2D eigenvalue weighted by Crippen LogP contribution is -2.33. The third-order valence-corrected chi connectivity index (χ3v) is 2.35. The summed E-state index contributed by atoms with van der Waals surface area (Å²) in [7, 11) is 0. The molecule has 1 radical (unpaired) electrons. The second-order valence-corrected chi connectivity index (χ2v) is 3.25. The highest BCUT2D eigenvalue weighted by molar-refractivity contribution is 5.77. The summed E-state index contributed by atoms with van der Waals surface area (Å²) in [5, 5.41) is 3.23. The van der Waals surface area contributed by atoms with E-state index in [-0.39, 0.29) is 6.10 Å². The third kappa shape index (κ3) is 1.84. The zero-order valence-corrected chi connectivity index (χ0v) is 7.82. The molecule has 0 amide bonds. The topological polar surface area (TPSA) is 38.3 Å². The van der Waals surface area contributed by atoms with Gasteiger partial charge in [0.25, 0.3) is 0 Å². The maximum absolute atomic E-state index is 10.7. The van der Waals surface area contributed by atoms with Gasteiger partial charge in [-0.3, -0.25) is 4.79 Å². The molecule has 0 bridgehead atoms. The van der Waals surface area contributed by atoms with Crippen LogP contribution in [0.25, 0.3) is 0 Å². The van der Waals surface area contributed by atoms with Crippen LogP contribution in [0.3, 0.4) is 0 Å². The van der Waals surface area contributed by atoms with Crippen LogP contribution in [0.5, 0.6) is 0 Å². The van der Waals surface area contributed by atoms with Crippen LogP contribution >= 0.6 is 0 Å². The van der Waals surface area contributed by atoms with E-state index in [1.807, 2.05) is 24.5 Å². The van der Waals surface area contributed by atoms with Crippen molar-refractivity contribution in [2.24, 2.45) is 0 Å². The lowest BCUT2D eigenvalue weighted by molar-refractivity contribution is 0.0276. The normalized spacial score (nSPS) is 21.9. The molecular formula is C11H12NO2. The van der Waals surface area contributed by atoms with Gasteiger partial charge >= 0.3 is 0 Å². The van der Waals surface area contributed by atoms with Crippen LogP contribution in [-0.4, -0.2) is 26.0 Å². The maximum atomic E-state index is 10.7. The Labute approximate surface area is 83.1 Å². The van der Waals surface area contributed by atoms with Crippen LogP contribution in [0.4, 0.5) is 0 Å². The zero-order chi connectivity index (χ0) is 9.80. The number of benzene rings is 1. The third-order valence-electron chi connectivity index (χ3n) is 2.35.